The first-order chi connectivity index (χ1) is 7.27. The summed E-state index contributed by atoms with van der Waals surface area (Å²) >= 11 is 0. The van der Waals surface area contributed by atoms with E-state index in [1.54, 1.807) is 11.2 Å². The van der Waals surface area contributed by atoms with Crippen molar-refractivity contribution in [2.75, 3.05) is 5.01 Å². The second-order valence-corrected chi connectivity index (χ2v) is 3.39. The van der Waals surface area contributed by atoms with Crippen LogP contribution in [0, 0.1) is 6.92 Å². The molecule has 1 heterocycles. The first kappa shape index (κ1) is 9.73. The topological polar surface area (TPSA) is 47.1 Å². The maximum absolute atomic E-state index is 5.94. The van der Waals surface area contributed by atoms with E-state index in [0.29, 0.717) is 6.67 Å². The summed E-state index contributed by atoms with van der Waals surface area (Å²) in [6, 6.07) is 9.87. The summed E-state index contributed by atoms with van der Waals surface area (Å²) < 4.78 is 1.99. The lowest BCUT2D eigenvalue weighted by atomic mass is 10.3. The van der Waals surface area contributed by atoms with Crippen LogP contribution in [0.5, 0.6) is 0 Å². The number of aromatic nitrogens is 2. The largest absolute Gasteiger partial charge is 0.316 e. The van der Waals surface area contributed by atoms with E-state index >= 15 is 0 Å². The molecule has 0 spiro atoms. The van der Waals surface area contributed by atoms with Crippen molar-refractivity contribution in [1.29, 1.82) is 0 Å². The van der Waals surface area contributed by atoms with Gasteiger partial charge in [0.15, 0.2) is 0 Å². The third kappa shape index (κ3) is 2.16. The van der Waals surface area contributed by atoms with Crippen LogP contribution in [0.25, 0.3) is 0 Å². The highest BCUT2D eigenvalue weighted by Gasteiger charge is 2.02. The summed E-state index contributed by atoms with van der Waals surface area (Å²) in [4.78, 5) is 4.14. The Kier molecular flexibility index (Phi) is 2.69. The lowest BCUT2D eigenvalue weighted by Crippen LogP contribution is -2.33. The zero-order valence-corrected chi connectivity index (χ0v) is 8.67. The number of aryl methyl sites for hydroxylation is 1. The molecule has 4 nitrogen and oxygen atoms in total. The fourth-order valence-corrected chi connectivity index (χ4v) is 1.42. The Morgan fingerprint density at radius 2 is 2.07 bits per heavy atom. The number of imidazole rings is 1. The number of hydrogen-bond acceptors (Lipinski definition) is 3. The van der Waals surface area contributed by atoms with Crippen LogP contribution in [-0.4, -0.2) is 9.55 Å². The quantitative estimate of drug-likeness (QED) is 0.606. The molecule has 0 aliphatic heterocycles. The van der Waals surface area contributed by atoms with E-state index in [2.05, 4.69) is 4.98 Å². The lowest BCUT2D eigenvalue weighted by Gasteiger charge is -2.19. The Morgan fingerprint density at radius 3 is 2.67 bits per heavy atom. The monoisotopic (exact) mass is 202 g/mol. The zero-order valence-electron chi connectivity index (χ0n) is 8.67. The predicted molar refractivity (Wildman–Crippen MR) is 60.1 cm³/mol. The van der Waals surface area contributed by atoms with Gasteiger partial charge in [0, 0.05) is 12.4 Å². The van der Waals surface area contributed by atoms with E-state index in [-0.39, 0.29) is 0 Å². The third-order valence-corrected chi connectivity index (χ3v) is 2.32. The average molecular weight is 202 g/mol. The highest BCUT2D eigenvalue weighted by Crippen LogP contribution is 2.10. The summed E-state index contributed by atoms with van der Waals surface area (Å²) in [5.41, 5.74) is 0.991. The zero-order chi connectivity index (χ0) is 10.7. The number of hydrazine groups is 1. The van der Waals surface area contributed by atoms with Crippen LogP contribution in [0.4, 0.5) is 5.69 Å². The van der Waals surface area contributed by atoms with Crippen molar-refractivity contribution in [3.05, 3.63) is 48.5 Å². The molecule has 0 saturated heterocycles. The van der Waals surface area contributed by atoms with Gasteiger partial charge in [0.2, 0.25) is 0 Å². The number of nitrogens with two attached hydrogens (primary N) is 1. The van der Waals surface area contributed by atoms with E-state index < -0.39 is 0 Å². The standard InChI is InChI=1S/C11H14N4/c1-10-13-7-8-14(10)9-15(12)11-5-3-2-4-6-11/h2-8H,9,12H2,1H3. The third-order valence-electron chi connectivity index (χ3n) is 2.32. The van der Waals surface area contributed by atoms with E-state index in [9.17, 15) is 0 Å². The molecule has 1 aromatic carbocycles. The first-order valence-corrected chi connectivity index (χ1v) is 4.82. The summed E-state index contributed by atoms with van der Waals surface area (Å²) in [6.07, 6.45) is 3.69. The molecule has 0 saturated carbocycles. The van der Waals surface area contributed by atoms with E-state index in [4.69, 9.17) is 5.84 Å². The molecule has 2 N–H and O–H groups in total. The summed E-state index contributed by atoms with van der Waals surface area (Å²) in [7, 11) is 0. The maximum Gasteiger partial charge on any atom is 0.110 e. The van der Waals surface area contributed by atoms with Gasteiger partial charge >= 0.3 is 0 Å². The second-order valence-electron chi connectivity index (χ2n) is 3.39. The molecular formula is C11H14N4. The van der Waals surface area contributed by atoms with Gasteiger partial charge in [-0.25, -0.2) is 10.8 Å². The van der Waals surface area contributed by atoms with Gasteiger partial charge in [-0.2, -0.15) is 0 Å². The molecule has 0 bridgehead atoms. The van der Waals surface area contributed by atoms with Crippen molar-refractivity contribution < 1.29 is 0 Å². The molecule has 2 aromatic rings. The van der Waals surface area contributed by atoms with Gasteiger partial charge in [-0.05, 0) is 19.1 Å². The molecule has 0 atom stereocenters. The molecule has 2 rings (SSSR count). The second kappa shape index (κ2) is 4.14. The van der Waals surface area contributed by atoms with Crippen molar-refractivity contribution in [3.63, 3.8) is 0 Å². The van der Waals surface area contributed by atoms with Crippen LogP contribution >= 0.6 is 0 Å². The maximum atomic E-state index is 5.94. The van der Waals surface area contributed by atoms with Gasteiger partial charge < -0.3 is 4.57 Å². The minimum Gasteiger partial charge on any atom is -0.316 e. The van der Waals surface area contributed by atoms with Crippen molar-refractivity contribution in [1.82, 2.24) is 9.55 Å². The van der Waals surface area contributed by atoms with Crippen LogP contribution in [0.2, 0.25) is 0 Å². The van der Waals surface area contributed by atoms with Gasteiger partial charge in [0.25, 0.3) is 0 Å². The normalized spacial score (nSPS) is 10.3. The van der Waals surface area contributed by atoms with Crippen molar-refractivity contribution in [2.45, 2.75) is 13.6 Å². The average Bonchev–Trinajstić information content (AvgIpc) is 2.66. The van der Waals surface area contributed by atoms with Gasteiger partial charge in [0.1, 0.15) is 12.5 Å². The summed E-state index contributed by atoms with van der Waals surface area (Å²) in [5, 5.41) is 1.69. The highest BCUT2D eigenvalue weighted by atomic mass is 15.5. The molecule has 4 heteroatoms. The van der Waals surface area contributed by atoms with Gasteiger partial charge in [-0.1, -0.05) is 18.2 Å². The van der Waals surface area contributed by atoms with Crippen molar-refractivity contribution >= 4 is 5.69 Å². The van der Waals surface area contributed by atoms with E-state index in [1.807, 2.05) is 48.0 Å². The Hall–Kier alpha value is -1.81. The molecule has 78 valence electrons. The predicted octanol–water partition coefficient (Wildman–Crippen LogP) is 1.53. The molecule has 0 radical (unpaired) electrons. The van der Waals surface area contributed by atoms with Crippen LogP contribution in [0.1, 0.15) is 5.82 Å². The smallest absolute Gasteiger partial charge is 0.110 e. The number of rotatable bonds is 3. The Balaban J connectivity index is 2.11. The van der Waals surface area contributed by atoms with E-state index in [0.717, 1.165) is 11.5 Å². The Morgan fingerprint density at radius 1 is 1.33 bits per heavy atom. The van der Waals surface area contributed by atoms with Crippen LogP contribution in [0.3, 0.4) is 0 Å². The summed E-state index contributed by atoms with van der Waals surface area (Å²) in [6.45, 7) is 2.56. The summed E-state index contributed by atoms with van der Waals surface area (Å²) in [5.74, 6) is 6.90. The fourth-order valence-electron chi connectivity index (χ4n) is 1.42. The number of hydrogen-bond donors (Lipinski definition) is 1. The number of para-hydroxylation sites is 1. The molecule has 0 amide bonds. The van der Waals surface area contributed by atoms with Crippen LogP contribution in [-0.2, 0) is 6.67 Å². The van der Waals surface area contributed by atoms with Gasteiger partial charge in [0.05, 0.1) is 5.69 Å². The molecule has 15 heavy (non-hydrogen) atoms. The van der Waals surface area contributed by atoms with E-state index in [1.165, 1.54) is 0 Å². The van der Waals surface area contributed by atoms with Gasteiger partial charge in [-0.15, -0.1) is 0 Å². The molecular weight excluding hydrogens is 188 g/mol. The molecule has 0 aliphatic carbocycles. The van der Waals surface area contributed by atoms with Gasteiger partial charge in [-0.3, -0.25) is 5.01 Å². The number of anilines is 1. The number of nitrogens with zero attached hydrogens (tertiary/aromatic N) is 3. The molecule has 1 aromatic heterocycles. The van der Waals surface area contributed by atoms with Crippen LogP contribution < -0.4 is 10.9 Å². The minimum atomic E-state index is 0.607. The Labute approximate surface area is 88.9 Å². The van der Waals surface area contributed by atoms with Crippen LogP contribution in [0.15, 0.2) is 42.7 Å². The highest BCUT2D eigenvalue weighted by molar-refractivity contribution is 5.43. The fraction of sp³-hybridized carbons (Fsp3) is 0.182. The molecule has 0 aliphatic rings. The minimum absolute atomic E-state index is 0.607. The molecule has 0 unspecified atom stereocenters. The van der Waals surface area contributed by atoms with Crippen molar-refractivity contribution in [2.24, 2.45) is 5.84 Å². The number of benzene rings is 1. The van der Waals surface area contributed by atoms with Crippen molar-refractivity contribution in [3.8, 4) is 0 Å². The first-order valence-electron chi connectivity index (χ1n) is 4.82. The SMILES string of the molecule is Cc1nccn1CN(N)c1ccccc1. The molecule has 0 fully saturated rings. The Bertz CT molecular complexity index is 421. The lowest BCUT2D eigenvalue weighted by molar-refractivity contribution is 0.637.